The Hall–Kier alpha value is -2.30. The molecule has 0 unspecified atom stereocenters. The smallest absolute Gasteiger partial charge is 0.303 e. The average Bonchev–Trinajstić information content (AvgIpc) is 2.77. The molecule has 0 aliphatic carbocycles. The van der Waals surface area contributed by atoms with Gasteiger partial charge >= 0.3 is 5.97 Å². The number of carboxylic acids is 1. The summed E-state index contributed by atoms with van der Waals surface area (Å²) in [6.07, 6.45) is 0.533. The molecule has 0 aliphatic rings. The first-order chi connectivity index (χ1) is 9.52. The van der Waals surface area contributed by atoms with E-state index < -0.39 is 5.97 Å². The standard InChI is InChI=1S/C15H18N2O3/c1-9-4-6-13(20-3)12(8-9)15-11(5-7-14(18)19)10(2)16-17-15/h4,6,8H,5,7H2,1-3H3,(H,16,17)(H,18,19). The van der Waals surface area contributed by atoms with Gasteiger partial charge in [-0.2, -0.15) is 5.10 Å². The minimum Gasteiger partial charge on any atom is -0.496 e. The van der Waals surface area contributed by atoms with Gasteiger partial charge in [0.15, 0.2) is 0 Å². The third-order valence-corrected chi connectivity index (χ3v) is 3.27. The molecule has 2 rings (SSSR count). The highest BCUT2D eigenvalue weighted by atomic mass is 16.5. The molecule has 1 heterocycles. The van der Waals surface area contributed by atoms with Crippen LogP contribution < -0.4 is 4.74 Å². The SMILES string of the molecule is COc1ccc(C)cc1-c1n[nH]c(C)c1CCC(=O)O. The van der Waals surface area contributed by atoms with Crippen LogP contribution in [-0.2, 0) is 11.2 Å². The van der Waals surface area contributed by atoms with Crippen LogP contribution >= 0.6 is 0 Å². The Bertz CT molecular complexity index is 632. The molecular weight excluding hydrogens is 256 g/mol. The van der Waals surface area contributed by atoms with Crippen LogP contribution in [-0.4, -0.2) is 28.4 Å². The van der Waals surface area contributed by atoms with E-state index in [1.165, 1.54) is 0 Å². The number of aryl methyl sites for hydroxylation is 2. The normalized spacial score (nSPS) is 10.6. The fourth-order valence-electron chi connectivity index (χ4n) is 2.22. The molecule has 2 aromatic rings. The van der Waals surface area contributed by atoms with Crippen LogP contribution in [0.1, 0.15) is 23.2 Å². The van der Waals surface area contributed by atoms with E-state index in [9.17, 15) is 4.79 Å². The number of aromatic nitrogens is 2. The summed E-state index contributed by atoms with van der Waals surface area (Å²) in [5, 5.41) is 16.1. The van der Waals surface area contributed by atoms with Gasteiger partial charge in [0.2, 0.25) is 0 Å². The van der Waals surface area contributed by atoms with E-state index in [2.05, 4.69) is 10.2 Å². The molecule has 0 atom stereocenters. The molecule has 2 N–H and O–H groups in total. The fraction of sp³-hybridized carbons (Fsp3) is 0.333. The first-order valence-electron chi connectivity index (χ1n) is 6.43. The maximum absolute atomic E-state index is 10.8. The topological polar surface area (TPSA) is 75.2 Å². The lowest BCUT2D eigenvalue weighted by Gasteiger charge is -2.09. The van der Waals surface area contributed by atoms with Crippen molar-refractivity contribution in [3.8, 4) is 17.0 Å². The molecule has 0 spiro atoms. The number of H-pyrrole nitrogens is 1. The number of aliphatic carboxylic acids is 1. The van der Waals surface area contributed by atoms with Crippen LogP contribution in [0.25, 0.3) is 11.3 Å². The molecule has 1 aromatic heterocycles. The van der Waals surface area contributed by atoms with Gasteiger partial charge in [0.05, 0.1) is 12.8 Å². The van der Waals surface area contributed by atoms with Gasteiger partial charge in [-0.25, -0.2) is 0 Å². The Balaban J connectivity index is 2.47. The van der Waals surface area contributed by atoms with Gasteiger partial charge < -0.3 is 9.84 Å². The summed E-state index contributed by atoms with van der Waals surface area (Å²) in [7, 11) is 1.62. The summed E-state index contributed by atoms with van der Waals surface area (Å²) < 4.78 is 5.37. The molecule has 106 valence electrons. The largest absolute Gasteiger partial charge is 0.496 e. The van der Waals surface area contributed by atoms with Crippen LogP contribution in [0.3, 0.4) is 0 Å². The van der Waals surface area contributed by atoms with Crippen LogP contribution in [0.5, 0.6) is 5.75 Å². The van der Waals surface area contributed by atoms with Crippen molar-refractivity contribution < 1.29 is 14.6 Å². The van der Waals surface area contributed by atoms with Gasteiger partial charge in [0.25, 0.3) is 0 Å². The van der Waals surface area contributed by atoms with E-state index in [0.717, 1.165) is 33.8 Å². The second-order valence-electron chi connectivity index (χ2n) is 4.77. The molecule has 5 nitrogen and oxygen atoms in total. The Labute approximate surface area is 117 Å². The minimum atomic E-state index is -0.812. The van der Waals surface area contributed by atoms with Gasteiger partial charge in [-0.15, -0.1) is 0 Å². The van der Waals surface area contributed by atoms with Crippen molar-refractivity contribution in [1.82, 2.24) is 10.2 Å². The lowest BCUT2D eigenvalue weighted by atomic mass is 10.00. The zero-order chi connectivity index (χ0) is 14.7. The number of carboxylic acid groups (broad SMARTS) is 1. The van der Waals surface area contributed by atoms with Gasteiger partial charge in [-0.1, -0.05) is 11.6 Å². The molecule has 0 fully saturated rings. The fourth-order valence-corrected chi connectivity index (χ4v) is 2.22. The highest BCUT2D eigenvalue weighted by Crippen LogP contribution is 2.33. The zero-order valence-electron chi connectivity index (χ0n) is 11.9. The van der Waals surface area contributed by atoms with E-state index in [-0.39, 0.29) is 6.42 Å². The number of carbonyl (C=O) groups is 1. The summed E-state index contributed by atoms with van der Waals surface area (Å²) in [5.74, 6) is -0.0774. The molecule has 0 saturated carbocycles. The number of ether oxygens (including phenoxy) is 1. The monoisotopic (exact) mass is 274 g/mol. The van der Waals surface area contributed by atoms with Crippen LogP contribution in [0, 0.1) is 13.8 Å². The lowest BCUT2D eigenvalue weighted by molar-refractivity contribution is -0.136. The Kier molecular flexibility index (Phi) is 4.08. The molecule has 0 amide bonds. The number of nitrogens with zero attached hydrogens (tertiary/aromatic N) is 1. The summed E-state index contributed by atoms with van der Waals surface area (Å²) in [6, 6.07) is 5.87. The number of rotatable bonds is 5. The third kappa shape index (κ3) is 2.82. The van der Waals surface area contributed by atoms with Crippen LogP contribution in [0.2, 0.25) is 0 Å². The maximum Gasteiger partial charge on any atom is 0.303 e. The number of benzene rings is 1. The third-order valence-electron chi connectivity index (χ3n) is 3.27. The minimum absolute atomic E-state index is 0.0848. The number of methoxy groups -OCH3 is 1. The van der Waals surface area contributed by atoms with Gasteiger partial charge in [-0.3, -0.25) is 9.89 Å². The summed E-state index contributed by atoms with van der Waals surface area (Å²) in [5.41, 5.74) is 4.58. The molecular formula is C15H18N2O3. The van der Waals surface area contributed by atoms with Crippen molar-refractivity contribution in [2.75, 3.05) is 7.11 Å². The molecule has 0 saturated heterocycles. The van der Waals surface area contributed by atoms with E-state index in [0.29, 0.717) is 6.42 Å². The van der Waals surface area contributed by atoms with Crippen LogP contribution in [0.15, 0.2) is 18.2 Å². The van der Waals surface area contributed by atoms with Crippen molar-refractivity contribution in [1.29, 1.82) is 0 Å². The molecule has 0 aliphatic heterocycles. The Morgan fingerprint density at radius 3 is 2.80 bits per heavy atom. The van der Waals surface area contributed by atoms with Crippen molar-refractivity contribution in [2.24, 2.45) is 0 Å². The van der Waals surface area contributed by atoms with Gasteiger partial charge in [-0.05, 0) is 32.4 Å². The van der Waals surface area contributed by atoms with E-state index in [1.54, 1.807) is 7.11 Å². The molecule has 5 heteroatoms. The molecule has 0 bridgehead atoms. The summed E-state index contributed by atoms with van der Waals surface area (Å²) in [4.78, 5) is 10.8. The quantitative estimate of drug-likeness (QED) is 0.879. The van der Waals surface area contributed by atoms with Crippen molar-refractivity contribution in [2.45, 2.75) is 26.7 Å². The lowest BCUT2D eigenvalue weighted by Crippen LogP contribution is -1.99. The van der Waals surface area contributed by atoms with Crippen molar-refractivity contribution in [3.63, 3.8) is 0 Å². The summed E-state index contributed by atoms with van der Waals surface area (Å²) >= 11 is 0. The predicted octanol–water partition coefficient (Wildman–Crippen LogP) is 2.72. The first-order valence-corrected chi connectivity index (χ1v) is 6.43. The number of nitrogens with one attached hydrogen (secondary N) is 1. The van der Waals surface area contributed by atoms with Gasteiger partial charge in [0, 0.05) is 23.2 Å². The zero-order valence-corrected chi connectivity index (χ0v) is 11.9. The first kappa shape index (κ1) is 14.1. The molecule has 0 radical (unpaired) electrons. The molecule has 1 aromatic carbocycles. The Morgan fingerprint density at radius 2 is 2.15 bits per heavy atom. The van der Waals surface area contributed by atoms with Crippen molar-refractivity contribution >= 4 is 5.97 Å². The highest BCUT2D eigenvalue weighted by molar-refractivity contribution is 5.73. The van der Waals surface area contributed by atoms with Crippen LogP contribution in [0.4, 0.5) is 0 Å². The second-order valence-corrected chi connectivity index (χ2v) is 4.77. The number of hydrogen-bond acceptors (Lipinski definition) is 3. The van der Waals surface area contributed by atoms with E-state index >= 15 is 0 Å². The maximum atomic E-state index is 10.8. The van der Waals surface area contributed by atoms with Crippen molar-refractivity contribution in [3.05, 3.63) is 35.0 Å². The summed E-state index contributed by atoms with van der Waals surface area (Å²) in [6.45, 7) is 3.90. The molecule has 20 heavy (non-hydrogen) atoms. The predicted molar refractivity (Wildman–Crippen MR) is 76.0 cm³/mol. The van der Waals surface area contributed by atoms with E-state index in [1.807, 2.05) is 32.0 Å². The second kappa shape index (κ2) is 5.77. The number of aromatic amines is 1. The average molecular weight is 274 g/mol. The van der Waals surface area contributed by atoms with E-state index in [4.69, 9.17) is 9.84 Å². The Morgan fingerprint density at radius 1 is 1.40 bits per heavy atom. The van der Waals surface area contributed by atoms with Gasteiger partial charge in [0.1, 0.15) is 5.75 Å². The highest BCUT2D eigenvalue weighted by Gasteiger charge is 2.17. The number of hydrogen-bond donors (Lipinski definition) is 2.